The Bertz CT molecular complexity index is 523. The summed E-state index contributed by atoms with van der Waals surface area (Å²) in [4.78, 5) is 23.4. The molecule has 1 aliphatic rings. The van der Waals surface area contributed by atoms with E-state index in [-0.39, 0.29) is 17.3 Å². The summed E-state index contributed by atoms with van der Waals surface area (Å²) < 4.78 is 4.59. The molecule has 1 aromatic carbocycles. The van der Waals surface area contributed by atoms with Gasteiger partial charge in [-0.25, -0.2) is 0 Å². The van der Waals surface area contributed by atoms with E-state index in [1.165, 1.54) is 7.11 Å². The first-order valence-corrected chi connectivity index (χ1v) is 8.07. The lowest BCUT2D eigenvalue weighted by Crippen LogP contribution is -2.35. The predicted octanol–water partition coefficient (Wildman–Crippen LogP) is 3.22. The second kappa shape index (κ2) is 7.63. The maximum Gasteiger partial charge on any atom is 0.305 e. The molecule has 0 atom stereocenters. The summed E-state index contributed by atoms with van der Waals surface area (Å²) in [5.41, 5.74) is 0.691. The Labute approximate surface area is 136 Å². The van der Waals surface area contributed by atoms with E-state index in [4.69, 9.17) is 11.6 Å². The molecule has 1 aromatic rings. The van der Waals surface area contributed by atoms with E-state index >= 15 is 0 Å². The van der Waals surface area contributed by atoms with Crippen LogP contribution in [0.5, 0.6) is 0 Å². The number of methoxy groups -OCH3 is 1. The molecular formula is C17H22ClNO3. The van der Waals surface area contributed by atoms with Crippen molar-refractivity contribution >= 4 is 23.5 Å². The highest BCUT2D eigenvalue weighted by molar-refractivity contribution is 6.30. The van der Waals surface area contributed by atoms with E-state index in [1.807, 2.05) is 24.3 Å². The lowest BCUT2D eigenvalue weighted by molar-refractivity contribution is -0.140. The fourth-order valence-electron chi connectivity index (χ4n) is 2.59. The Kier molecular flexibility index (Phi) is 5.83. The number of carbonyl (C=O) groups excluding carboxylic acids is 2. The van der Waals surface area contributed by atoms with Gasteiger partial charge in [-0.05, 0) is 43.4 Å². The van der Waals surface area contributed by atoms with Crippen LogP contribution in [0.3, 0.4) is 0 Å². The highest BCUT2D eigenvalue weighted by Crippen LogP contribution is 2.48. The topological polar surface area (TPSA) is 55.4 Å². The molecule has 0 unspecified atom stereocenters. The van der Waals surface area contributed by atoms with Crippen molar-refractivity contribution < 1.29 is 14.3 Å². The van der Waals surface area contributed by atoms with Crippen molar-refractivity contribution in [3.63, 3.8) is 0 Å². The second-order valence-electron chi connectivity index (χ2n) is 5.73. The molecule has 0 bridgehead atoms. The van der Waals surface area contributed by atoms with Gasteiger partial charge in [0.15, 0.2) is 0 Å². The Morgan fingerprint density at radius 2 is 1.86 bits per heavy atom. The minimum absolute atomic E-state index is 0.0998. The first-order valence-electron chi connectivity index (χ1n) is 7.70. The monoisotopic (exact) mass is 323 g/mol. The number of halogens is 1. The van der Waals surface area contributed by atoms with Crippen molar-refractivity contribution in [3.8, 4) is 0 Å². The SMILES string of the molecule is COC(=O)CCCCCNC(=O)C1(c2ccc(Cl)cc2)CC1. The minimum Gasteiger partial charge on any atom is -0.469 e. The number of ether oxygens (including phenoxy) is 1. The molecule has 0 aromatic heterocycles. The van der Waals surface area contributed by atoms with Crippen molar-refractivity contribution in [2.75, 3.05) is 13.7 Å². The van der Waals surface area contributed by atoms with Crippen LogP contribution < -0.4 is 5.32 Å². The highest BCUT2D eigenvalue weighted by atomic mass is 35.5. The number of carbonyl (C=O) groups is 2. The number of hydrogen-bond acceptors (Lipinski definition) is 3. The van der Waals surface area contributed by atoms with Crippen molar-refractivity contribution in [2.45, 2.75) is 43.9 Å². The average molecular weight is 324 g/mol. The normalized spacial score (nSPS) is 15.2. The van der Waals surface area contributed by atoms with Crippen molar-refractivity contribution in [1.82, 2.24) is 5.32 Å². The third-order valence-electron chi connectivity index (χ3n) is 4.15. The molecule has 4 nitrogen and oxygen atoms in total. The van der Waals surface area contributed by atoms with Crippen LogP contribution in [0, 0.1) is 0 Å². The average Bonchev–Trinajstić information content (AvgIpc) is 3.32. The Morgan fingerprint density at radius 3 is 2.45 bits per heavy atom. The fraction of sp³-hybridized carbons (Fsp3) is 0.529. The molecule has 120 valence electrons. The van der Waals surface area contributed by atoms with Crippen LogP contribution in [0.25, 0.3) is 0 Å². The van der Waals surface area contributed by atoms with Gasteiger partial charge >= 0.3 is 5.97 Å². The third-order valence-corrected chi connectivity index (χ3v) is 4.40. The van der Waals surface area contributed by atoms with Gasteiger partial charge in [-0.2, -0.15) is 0 Å². The van der Waals surface area contributed by atoms with Crippen molar-refractivity contribution in [1.29, 1.82) is 0 Å². The zero-order chi connectivity index (χ0) is 16.0. The second-order valence-corrected chi connectivity index (χ2v) is 6.17. The Morgan fingerprint density at radius 1 is 1.18 bits per heavy atom. The third kappa shape index (κ3) is 4.23. The molecule has 0 saturated heterocycles. The molecule has 1 fully saturated rings. The van der Waals surface area contributed by atoms with Crippen LogP contribution in [0.4, 0.5) is 0 Å². The van der Waals surface area contributed by atoms with Gasteiger partial charge in [-0.1, -0.05) is 30.2 Å². The molecule has 1 N–H and O–H groups in total. The van der Waals surface area contributed by atoms with Gasteiger partial charge in [0.05, 0.1) is 12.5 Å². The molecular weight excluding hydrogens is 302 g/mol. The lowest BCUT2D eigenvalue weighted by Gasteiger charge is -2.15. The van der Waals surface area contributed by atoms with Gasteiger partial charge in [0, 0.05) is 18.0 Å². The maximum atomic E-state index is 12.4. The predicted molar refractivity (Wildman–Crippen MR) is 85.9 cm³/mol. The standard InChI is InChI=1S/C17H22ClNO3/c1-22-15(20)5-3-2-4-12-19-16(21)17(10-11-17)13-6-8-14(18)9-7-13/h6-9H,2-5,10-12H2,1H3,(H,19,21). The zero-order valence-corrected chi connectivity index (χ0v) is 13.6. The van der Waals surface area contributed by atoms with E-state index in [2.05, 4.69) is 10.1 Å². The Balaban J connectivity index is 1.71. The summed E-state index contributed by atoms with van der Waals surface area (Å²) in [6, 6.07) is 7.53. The van der Waals surface area contributed by atoms with Gasteiger partial charge in [-0.3, -0.25) is 9.59 Å². The largest absolute Gasteiger partial charge is 0.469 e. The van der Waals surface area contributed by atoms with E-state index in [9.17, 15) is 9.59 Å². The molecule has 5 heteroatoms. The number of nitrogens with one attached hydrogen (secondary N) is 1. The molecule has 2 rings (SSSR count). The number of rotatable bonds is 8. The minimum atomic E-state index is -0.351. The fourth-order valence-corrected chi connectivity index (χ4v) is 2.71. The van der Waals surface area contributed by atoms with Crippen LogP contribution in [0.2, 0.25) is 5.02 Å². The summed E-state index contributed by atoms with van der Waals surface area (Å²) in [5.74, 6) is -0.0773. The van der Waals surface area contributed by atoms with Crippen molar-refractivity contribution in [3.05, 3.63) is 34.9 Å². The highest BCUT2D eigenvalue weighted by Gasteiger charge is 2.50. The maximum absolute atomic E-state index is 12.4. The lowest BCUT2D eigenvalue weighted by atomic mass is 9.95. The van der Waals surface area contributed by atoms with E-state index in [0.29, 0.717) is 18.0 Å². The molecule has 0 aliphatic heterocycles. The first kappa shape index (κ1) is 16.8. The molecule has 1 saturated carbocycles. The number of hydrogen-bond donors (Lipinski definition) is 1. The number of amides is 1. The van der Waals surface area contributed by atoms with E-state index in [1.54, 1.807) is 0 Å². The molecule has 22 heavy (non-hydrogen) atoms. The molecule has 1 aliphatic carbocycles. The number of esters is 1. The van der Waals surface area contributed by atoms with Gasteiger partial charge in [0.25, 0.3) is 0 Å². The number of benzene rings is 1. The summed E-state index contributed by atoms with van der Waals surface area (Å²) in [5, 5.41) is 3.70. The zero-order valence-electron chi connectivity index (χ0n) is 12.9. The first-order chi connectivity index (χ1) is 10.6. The van der Waals surface area contributed by atoms with Gasteiger partial charge in [0.1, 0.15) is 0 Å². The van der Waals surface area contributed by atoms with Gasteiger partial charge < -0.3 is 10.1 Å². The molecule has 0 heterocycles. The van der Waals surface area contributed by atoms with E-state index < -0.39 is 0 Å². The Hall–Kier alpha value is -1.55. The van der Waals surface area contributed by atoms with Crippen LogP contribution in [-0.2, 0) is 19.7 Å². The summed E-state index contributed by atoms with van der Waals surface area (Å²) in [6.07, 6.45) is 4.80. The quantitative estimate of drug-likeness (QED) is 0.590. The van der Waals surface area contributed by atoms with E-state index in [0.717, 1.165) is 37.7 Å². The summed E-state index contributed by atoms with van der Waals surface area (Å²) in [6.45, 7) is 0.648. The summed E-state index contributed by atoms with van der Waals surface area (Å²) in [7, 11) is 1.40. The van der Waals surface area contributed by atoms with Gasteiger partial charge in [-0.15, -0.1) is 0 Å². The molecule has 0 radical (unpaired) electrons. The van der Waals surface area contributed by atoms with Crippen molar-refractivity contribution in [2.24, 2.45) is 0 Å². The molecule has 0 spiro atoms. The smallest absolute Gasteiger partial charge is 0.305 e. The molecule has 1 amide bonds. The van der Waals surface area contributed by atoms with Crippen LogP contribution in [-0.4, -0.2) is 25.5 Å². The van der Waals surface area contributed by atoms with Crippen LogP contribution in [0.15, 0.2) is 24.3 Å². The summed E-state index contributed by atoms with van der Waals surface area (Å²) >= 11 is 5.89. The van der Waals surface area contributed by atoms with Crippen LogP contribution in [0.1, 0.15) is 44.1 Å². The van der Waals surface area contributed by atoms with Gasteiger partial charge in [0.2, 0.25) is 5.91 Å². The van der Waals surface area contributed by atoms with Crippen LogP contribution >= 0.6 is 11.6 Å². The number of unbranched alkanes of at least 4 members (excludes halogenated alkanes) is 2.